The highest BCUT2D eigenvalue weighted by molar-refractivity contribution is 5.98. The second-order valence-corrected chi connectivity index (χ2v) is 22.7. The number of carbonyl (C=O) groups excluding carboxylic acids is 2. The molecule has 0 saturated heterocycles. The SMILES string of the molecule is COC(=O)c1cc2nc(Cc3ccc(OC(F)(F)F)cc3)n([C@@H]3C[C@H](C)CC(C)(C)C3)c2cc1OC(C)C.COC(=O)c1cc2nc(Cc3ccc(OC(F)(F)F)cc3)n([C@H]3C[C@@H](C)CC(C)(C)C3)c2cc1OC(C)C. The minimum Gasteiger partial charge on any atom is -0.490 e. The normalized spacial score (nSPS) is 19.5. The zero-order valence-corrected chi connectivity index (χ0v) is 45.4. The number of hydrogen-bond acceptors (Lipinski definition) is 10. The van der Waals surface area contributed by atoms with E-state index in [9.17, 15) is 35.9 Å². The standard InChI is InChI=1S/2C29H35F3N2O4/c2*1-17(2)37-25-14-24-23(13-22(25)27(35)36-6)33-26(34(24)20-11-18(3)15-28(4,5)16-20)12-19-7-9-21(10-8-19)38-29(30,31)32/h2*7-10,13-14,17-18,20H,11-12,15-16H2,1-6H3/t2*18-,20+/m10/s1. The molecule has 2 saturated carbocycles. The van der Waals surface area contributed by atoms with Crippen molar-refractivity contribution in [1.82, 2.24) is 19.1 Å². The van der Waals surface area contributed by atoms with Crippen molar-refractivity contribution < 1.29 is 64.4 Å². The molecule has 0 unspecified atom stereocenters. The molecule has 76 heavy (non-hydrogen) atoms. The molecule has 2 aliphatic rings. The summed E-state index contributed by atoms with van der Waals surface area (Å²) in [6.07, 6.45) is -2.89. The Labute approximate surface area is 440 Å². The fourth-order valence-electron chi connectivity index (χ4n) is 11.6. The molecule has 2 fully saturated rings. The molecule has 0 bridgehead atoms. The predicted octanol–water partition coefficient (Wildman–Crippen LogP) is 15.0. The number of hydrogen-bond donors (Lipinski definition) is 0. The third-order valence-electron chi connectivity index (χ3n) is 13.8. The molecule has 12 nitrogen and oxygen atoms in total. The number of ether oxygens (including phenoxy) is 6. The molecular formula is C58H70F6N4O8. The van der Waals surface area contributed by atoms with Gasteiger partial charge in [-0.15, -0.1) is 26.3 Å². The molecule has 6 aromatic rings. The van der Waals surface area contributed by atoms with Crippen LogP contribution in [-0.4, -0.2) is 70.2 Å². The molecule has 0 spiro atoms. The first kappa shape index (κ1) is 57.2. The van der Waals surface area contributed by atoms with Gasteiger partial charge in [0, 0.05) is 37.1 Å². The summed E-state index contributed by atoms with van der Waals surface area (Å²) < 4.78 is 110. The van der Waals surface area contributed by atoms with Crippen LogP contribution in [0.25, 0.3) is 22.1 Å². The van der Waals surface area contributed by atoms with E-state index in [1.54, 1.807) is 36.4 Å². The van der Waals surface area contributed by atoms with Gasteiger partial charge in [0.2, 0.25) is 0 Å². The molecule has 2 aromatic heterocycles. The Morgan fingerprint density at radius 1 is 0.579 bits per heavy atom. The van der Waals surface area contributed by atoms with Crippen molar-refractivity contribution in [3.8, 4) is 23.0 Å². The van der Waals surface area contributed by atoms with Crippen LogP contribution in [0.2, 0.25) is 0 Å². The van der Waals surface area contributed by atoms with Crippen molar-refractivity contribution in [2.24, 2.45) is 22.7 Å². The number of alkyl halides is 6. The fourth-order valence-corrected chi connectivity index (χ4v) is 11.6. The summed E-state index contributed by atoms with van der Waals surface area (Å²) in [6, 6.07) is 19.2. The summed E-state index contributed by atoms with van der Waals surface area (Å²) >= 11 is 0. The molecule has 4 atom stereocenters. The summed E-state index contributed by atoms with van der Waals surface area (Å²) in [4.78, 5) is 35.0. The lowest BCUT2D eigenvalue weighted by Crippen LogP contribution is -2.30. The van der Waals surface area contributed by atoms with Gasteiger partial charge >= 0.3 is 24.7 Å². The maximum absolute atomic E-state index is 12.6. The van der Waals surface area contributed by atoms with Gasteiger partial charge in [-0.3, -0.25) is 0 Å². The van der Waals surface area contributed by atoms with Crippen LogP contribution >= 0.6 is 0 Å². The van der Waals surface area contributed by atoms with Crippen LogP contribution in [0.4, 0.5) is 26.3 Å². The van der Waals surface area contributed by atoms with E-state index in [1.165, 1.54) is 38.5 Å². The number of methoxy groups -OCH3 is 2. The van der Waals surface area contributed by atoms with Crippen LogP contribution in [0.1, 0.15) is 163 Å². The quantitative estimate of drug-likeness (QED) is 0.0769. The number of esters is 2. The maximum atomic E-state index is 12.6. The predicted molar refractivity (Wildman–Crippen MR) is 277 cm³/mol. The van der Waals surface area contributed by atoms with E-state index in [1.807, 2.05) is 39.8 Å². The Morgan fingerprint density at radius 3 is 1.21 bits per heavy atom. The van der Waals surface area contributed by atoms with Gasteiger partial charge < -0.3 is 37.6 Å². The van der Waals surface area contributed by atoms with Gasteiger partial charge in [-0.05, 0) is 136 Å². The molecule has 18 heteroatoms. The number of rotatable bonds is 14. The maximum Gasteiger partial charge on any atom is 0.573 e. The highest BCUT2D eigenvalue weighted by atomic mass is 19.4. The molecule has 8 rings (SSSR count). The molecule has 0 N–H and O–H groups in total. The third kappa shape index (κ3) is 14.5. The lowest BCUT2D eigenvalue weighted by Gasteiger charge is -2.40. The summed E-state index contributed by atoms with van der Waals surface area (Å²) in [6.45, 7) is 21.2. The fraction of sp³-hybridized carbons (Fsp3) is 0.517. The summed E-state index contributed by atoms with van der Waals surface area (Å²) in [5.74, 6) is 1.88. The molecule has 0 radical (unpaired) electrons. The number of halogens is 6. The van der Waals surface area contributed by atoms with Gasteiger partial charge in [-0.2, -0.15) is 0 Å². The van der Waals surface area contributed by atoms with E-state index in [0.29, 0.717) is 58.3 Å². The Kier molecular flexibility index (Phi) is 17.0. The van der Waals surface area contributed by atoms with E-state index in [4.69, 9.17) is 28.9 Å². The Bertz CT molecular complexity index is 2790. The summed E-state index contributed by atoms with van der Waals surface area (Å²) in [5.41, 5.74) is 5.47. The molecule has 4 aromatic carbocycles. The average Bonchev–Trinajstić information content (AvgIpc) is 3.82. The van der Waals surface area contributed by atoms with E-state index in [2.05, 4.69) is 60.2 Å². The van der Waals surface area contributed by atoms with Crippen LogP contribution in [0, 0.1) is 22.7 Å². The van der Waals surface area contributed by atoms with Crippen LogP contribution in [0.3, 0.4) is 0 Å². The van der Waals surface area contributed by atoms with Gasteiger partial charge in [0.1, 0.15) is 45.8 Å². The second kappa shape index (κ2) is 22.6. The summed E-state index contributed by atoms with van der Waals surface area (Å²) in [7, 11) is 2.65. The summed E-state index contributed by atoms with van der Waals surface area (Å²) in [5, 5.41) is 0. The molecular weight excluding hydrogens is 995 g/mol. The first-order chi connectivity index (χ1) is 35.5. The van der Waals surface area contributed by atoms with Crippen LogP contribution < -0.4 is 18.9 Å². The van der Waals surface area contributed by atoms with Crippen molar-refractivity contribution in [3.63, 3.8) is 0 Å². The molecule has 0 aliphatic heterocycles. The smallest absolute Gasteiger partial charge is 0.490 e. The Morgan fingerprint density at radius 2 is 0.921 bits per heavy atom. The topological polar surface area (TPSA) is 125 Å². The molecule has 2 heterocycles. The number of imidazole rings is 2. The minimum atomic E-state index is -4.74. The monoisotopic (exact) mass is 1060 g/mol. The molecule has 0 amide bonds. The third-order valence-corrected chi connectivity index (χ3v) is 13.8. The minimum absolute atomic E-state index is 0.135. The second-order valence-electron chi connectivity index (χ2n) is 22.7. The van der Waals surface area contributed by atoms with Crippen LogP contribution in [-0.2, 0) is 22.3 Å². The molecule has 412 valence electrons. The number of carbonyl (C=O) groups is 2. The average molecular weight is 1070 g/mol. The first-order valence-corrected chi connectivity index (χ1v) is 25.8. The first-order valence-electron chi connectivity index (χ1n) is 25.8. The number of aromatic nitrogens is 4. The highest BCUT2D eigenvalue weighted by Gasteiger charge is 2.38. The van der Waals surface area contributed by atoms with Gasteiger partial charge in [0.15, 0.2) is 0 Å². The van der Waals surface area contributed by atoms with Gasteiger partial charge in [-0.25, -0.2) is 19.6 Å². The number of fused-ring (bicyclic) bond motifs is 2. The van der Waals surface area contributed by atoms with E-state index < -0.39 is 24.7 Å². The van der Waals surface area contributed by atoms with Gasteiger partial charge in [-0.1, -0.05) is 65.8 Å². The van der Waals surface area contributed by atoms with Crippen molar-refractivity contribution in [2.45, 2.75) is 158 Å². The van der Waals surface area contributed by atoms with Gasteiger partial charge in [0.05, 0.1) is 48.5 Å². The Balaban J connectivity index is 0.000000221. The number of benzene rings is 4. The molecule has 2 aliphatic carbocycles. The number of nitrogens with zero attached hydrogens (tertiary/aromatic N) is 4. The lowest BCUT2D eigenvalue weighted by molar-refractivity contribution is -0.275. The lowest BCUT2D eigenvalue weighted by atomic mass is 9.70. The van der Waals surface area contributed by atoms with Crippen molar-refractivity contribution in [2.75, 3.05) is 14.2 Å². The zero-order chi connectivity index (χ0) is 55.7. The van der Waals surface area contributed by atoms with Gasteiger partial charge in [0.25, 0.3) is 0 Å². The van der Waals surface area contributed by atoms with Crippen molar-refractivity contribution >= 4 is 34.0 Å². The van der Waals surface area contributed by atoms with E-state index in [-0.39, 0.29) is 46.6 Å². The Hall–Kier alpha value is -6.46. The highest BCUT2D eigenvalue weighted by Crippen LogP contribution is 2.48. The van der Waals surface area contributed by atoms with Crippen molar-refractivity contribution in [3.05, 3.63) is 107 Å². The zero-order valence-electron chi connectivity index (χ0n) is 45.4. The van der Waals surface area contributed by atoms with E-state index >= 15 is 0 Å². The van der Waals surface area contributed by atoms with Crippen molar-refractivity contribution in [1.29, 1.82) is 0 Å². The largest absolute Gasteiger partial charge is 0.573 e. The van der Waals surface area contributed by atoms with Crippen LogP contribution in [0.5, 0.6) is 23.0 Å². The van der Waals surface area contributed by atoms with E-state index in [0.717, 1.165) is 72.3 Å². The van der Waals surface area contributed by atoms with Crippen LogP contribution in [0.15, 0.2) is 72.8 Å².